The Bertz CT molecular complexity index is 997. The van der Waals surface area contributed by atoms with E-state index in [0.29, 0.717) is 5.56 Å². The molecule has 1 atom stereocenters. The zero-order chi connectivity index (χ0) is 22.1. The minimum absolute atomic E-state index is 0.177. The van der Waals surface area contributed by atoms with Crippen LogP contribution in [0.15, 0.2) is 53.0 Å². The highest BCUT2D eigenvalue weighted by Crippen LogP contribution is 2.30. The second-order valence-electron chi connectivity index (χ2n) is 6.58. The molecular formula is C19H15BrF3N3O4. The molecule has 1 aliphatic heterocycles. The van der Waals surface area contributed by atoms with Crippen LogP contribution >= 0.6 is 15.9 Å². The number of rotatable bonds is 5. The zero-order valence-corrected chi connectivity index (χ0v) is 17.0. The quantitative estimate of drug-likeness (QED) is 0.631. The molecular weight excluding hydrogens is 471 g/mol. The number of benzene rings is 2. The first kappa shape index (κ1) is 21.6. The molecule has 30 heavy (non-hydrogen) atoms. The van der Waals surface area contributed by atoms with Gasteiger partial charge in [-0.1, -0.05) is 28.1 Å². The van der Waals surface area contributed by atoms with Gasteiger partial charge in [-0.15, -0.1) is 13.2 Å². The van der Waals surface area contributed by atoms with Gasteiger partial charge in [-0.2, -0.15) is 0 Å². The maximum absolute atomic E-state index is 12.8. The summed E-state index contributed by atoms with van der Waals surface area (Å²) in [5.41, 5.74) is -0.618. The minimum atomic E-state index is -4.82. The first-order valence-corrected chi connectivity index (χ1v) is 9.33. The summed E-state index contributed by atoms with van der Waals surface area (Å²) in [6.07, 6.45) is -4.82. The molecule has 0 aliphatic carbocycles. The molecule has 1 fully saturated rings. The smallest absolute Gasteiger partial charge is 0.406 e. The predicted octanol–water partition coefficient (Wildman–Crippen LogP) is 3.75. The van der Waals surface area contributed by atoms with Gasteiger partial charge in [0.25, 0.3) is 5.91 Å². The van der Waals surface area contributed by atoms with Crippen LogP contribution in [0.4, 0.5) is 23.7 Å². The lowest BCUT2D eigenvalue weighted by Crippen LogP contribution is -2.42. The number of carbonyl (C=O) groups is 3. The van der Waals surface area contributed by atoms with E-state index in [1.807, 2.05) is 0 Å². The SMILES string of the molecule is CC1(c2cccc(Br)c2)NC(=O)N(CC(=O)Nc2ccc(OC(F)(F)F)cc2)C1=O. The van der Waals surface area contributed by atoms with Crippen molar-refractivity contribution in [2.45, 2.75) is 18.8 Å². The van der Waals surface area contributed by atoms with Crippen LogP contribution in [0.25, 0.3) is 0 Å². The van der Waals surface area contributed by atoms with Crippen LogP contribution < -0.4 is 15.4 Å². The van der Waals surface area contributed by atoms with Gasteiger partial charge in [-0.25, -0.2) is 4.79 Å². The third-order valence-corrected chi connectivity index (χ3v) is 4.84. The predicted molar refractivity (Wildman–Crippen MR) is 103 cm³/mol. The van der Waals surface area contributed by atoms with Crippen molar-refractivity contribution >= 4 is 39.5 Å². The third kappa shape index (κ3) is 4.73. The number of nitrogens with one attached hydrogen (secondary N) is 2. The van der Waals surface area contributed by atoms with Gasteiger partial charge >= 0.3 is 12.4 Å². The Balaban J connectivity index is 1.67. The van der Waals surface area contributed by atoms with Crippen LogP contribution in [0.2, 0.25) is 0 Å². The highest BCUT2D eigenvalue weighted by Gasteiger charge is 2.49. The molecule has 158 valence electrons. The number of imide groups is 1. The molecule has 0 saturated carbocycles. The maximum Gasteiger partial charge on any atom is 0.573 e. The zero-order valence-electron chi connectivity index (χ0n) is 15.4. The van der Waals surface area contributed by atoms with Crippen LogP contribution in [0.5, 0.6) is 5.75 Å². The third-order valence-electron chi connectivity index (χ3n) is 4.35. The van der Waals surface area contributed by atoms with Crippen LogP contribution in [0, 0.1) is 0 Å². The fourth-order valence-corrected chi connectivity index (χ4v) is 3.32. The summed E-state index contributed by atoms with van der Waals surface area (Å²) < 4.78 is 41.0. The van der Waals surface area contributed by atoms with Gasteiger partial charge in [0.2, 0.25) is 5.91 Å². The second-order valence-corrected chi connectivity index (χ2v) is 7.49. The summed E-state index contributed by atoms with van der Waals surface area (Å²) in [7, 11) is 0. The Kier molecular flexibility index (Phi) is 5.75. The minimum Gasteiger partial charge on any atom is -0.406 e. The molecule has 7 nitrogen and oxygen atoms in total. The lowest BCUT2D eigenvalue weighted by Gasteiger charge is -2.22. The first-order valence-electron chi connectivity index (χ1n) is 8.54. The molecule has 0 radical (unpaired) electrons. The van der Waals surface area contributed by atoms with E-state index in [9.17, 15) is 27.6 Å². The molecule has 3 rings (SSSR count). The number of hydrogen-bond donors (Lipinski definition) is 2. The van der Waals surface area contributed by atoms with Crippen LogP contribution in [-0.4, -0.2) is 35.7 Å². The number of nitrogens with zero attached hydrogens (tertiary/aromatic N) is 1. The Morgan fingerprint density at radius 1 is 1.20 bits per heavy atom. The number of amides is 4. The van der Waals surface area contributed by atoms with Crippen molar-refractivity contribution in [2.75, 3.05) is 11.9 Å². The molecule has 1 heterocycles. The van der Waals surface area contributed by atoms with E-state index in [-0.39, 0.29) is 5.69 Å². The van der Waals surface area contributed by atoms with Gasteiger partial charge in [0.15, 0.2) is 0 Å². The largest absolute Gasteiger partial charge is 0.573 e. The van der Waals surface area contributed by atoms with Gasteiger partial charge < -0.3 is 15.4 Å². The highest BCUT2D eigenvalue weighted by molar-refractivity contribution is 9.10. The Morgan fingerprint density at radius 3 is 2.47 bits per heavy atom. The monoisotopic (exact) mass is 485 g/mol. The molecule has 0 aromatic heterocycles. The van der Waals surface area contributed by atoms with Crippen LogP contribution in [-0.2, 0) is 15.1 Å². The molecule has 2 N–H and O–H groups in total. The van der Waals surface area contributed by atoms with E-state index in [1.54, 1.807) is 24.3 Å². The summed E-state index contributed by atoms with van der Waals surface area (Å²) in [5, 5.41) is 5.00. The average molecular weight is 486 g/mol. The molecule has 0 spiro atoms. The average Bonchev–Trinajstić information content (AvgIpc) is 2.86. The van der Waals surface area contributed by atoms with Gasteiger partial charge in [-0.05, 0) is 48.9 Å². The number of halogens is 4. The van der Waals surface area contributed by atoms with Gasteiger partial charge in [-0.3, -0.25) is 14.5 Å². The van der Waals surface area contributed by atoms with E-state index in [2.05, 4.69) is 31.3 Å². The number of alkyl halides is 3. The van der Waals surface area contributed by atoms with Crippen molar-refractivity contribution < 1.29 is 32.3 Å². The lowest BCUT2D eigenvalue weighted by atomic mass is 9.92. The molecule has 4 amide bonds. The van der Waals surface area contributed by atoms with E-state index >= 15 is 0 Å². The molecule has 11 heteroatoms. The fraction of sp³-hybridized carbons (Fsp3) is 0.211. The molecule has 1 saturated heterocycles. The number of ether oxygens (including phenoxy) is 1. The molecule has 0 bridgehead atoms. The molecule has 2 aromatic rings. The molecule has 2 aromatic carbocycles. The molecule has 1 aliphatic rings. The van der Waals surface area contributed by atoms with Crippen molar-refractivity contribution in [1.82, 2.24) is 10.2 Å². The van der Waals surface area contributed by atoms with E-state index in [0.717, 1.165) is 21.5 Å². The fourth-order valence-electron chi connectivity index (χ4n) is 2.92. The van der Waals surface area contributed by atoms with E-state index in [4.69, 9.17) is 0 Å². The lowest BCUT2D eigenvalue weighted by molar-refractivity contribution is -0.274. The van der Waals surface area contributed by atoms with Gasteiger partial charge in [0.05, 0.1) is 0 Å². The number of carbonyl (C=O) groups excluding carboxylic acids is 3. The Labute approximate surface area is 177 Å². The summed E-state index contributed by atoms with van der Waals surface area (Å²) in [6, 6.07) is 10.6. The topological polar surface area (TPSA) is 87.7 Å². The van der Waals surface area contributed by atoms with Crippen molar-refractivity contribution in [1.29, 1.82) is 0 Å². The van der Waals surface area contributed by atoms with Crippen molar-refractivity contribution in [3.8, 4) is 5.75 Å². The summed E-state index contributed by atoms with van der Waals surface area (Å²) in [4.78, 5) is 38.2. The maximum atomic E-state index is 12.8. The molecule has 1 unspecified atom stereocenters. The second kappa shape index (κ2) is 7.98. The van der Waals surface area contributed by atoms with E-state index in [1.165, 1.54) is 19.1 Å². The normalized spacial score (nSPS) is 18.9. The van der Waals surface area contributed by atoms with Crippen LogP contribution in [0.3, 0.4) is 0 Å². The first-order chi connectivity index (χ1) is 14.0. The van der Waals surface area contributed by atoms with Crippen molar-refractivity contribution in [3.05, 3.63) is 58.6 Å². The van der Waals surface area contributed by atoms with E-state index < -0.39 is 42.0 Å². The van der Waals surface area contributed by atoms with Crippen molar-refractivity contribution in [2.24, 2.45) is 0 Å². The number of urea groups is 1. The Hall–Kier alpha value is -3.08. The summed E-state index contributed by atoms with van der Waals surface area (Å²) >= 11 is 3.31. The Morgan fingerprint density at radius 2 is 1.87 bits per heavy atom. The number of hydrogen-bond acceptors (Lipinski definition) is 4. The van der Waals surface area contributed by atoms with Gasteiger partial charge in [0, 0.05) is 10.2 Å². The summed E-state index contributed by atoms with van der Waals surface area (Å²) in [6.45, 7) is 0.974. The summed E-state index contributed by atoms with van der Waals surface area (Å²) in [5.74, 6) is -1.74. The number of anilines is 1. The standard InChI is InChI=1S/C19H15BrF3N3O4/c1-18(11-3-2-4-12(20)9-11)16(28)26(17(29)25-18)10-15(27)24-13-5-7-14(8-6-13)30-19(21,22)23/h2-9H,10H2,1H3,(H,24,27)(H,25,29). The van der Waals surface area contributed by atoms with Crippen LogP contribution in [0.1, 0.15) is 12.5 Å². The highest BCUT2D eigenvalue weighted by atomic mass is 79.9. The van der Waals surface area contributed by atoms with Gasteiger partial charge in [0.1, 0.15) is 17.8 Å². The van der Waals surface area contributed by atoms with Crippen molar-refractivity contribution in [3.63, 3.8) is 0 Å².